The predicted molar refractivity (Wildman–Crippen MR) is 96.4 cm³/mol. The summed E-state index contributed by atoms with van der Waals surface area (Å²) in [6.45, 7) is 1.96. The second-order valence-corrected chi connectivity index (χ2v) is 7.61. The summed E-state index contributed by atoms with van der Waals surface area (Å²) in [4.78, 5) is 17.5. The van der Waals surface area contributed by atoms with E-state index in [9.17, 15) is 9.67 Å². The van der Waals surface area contributed by atoms with Crippen molar-refractivity contribution < 1.29 is 28.7 Å². The molecule has 0 saturated carbocycles. The molecule has 0 heterocycles. The molecule has 1 atom stereocenters. The molecule has 0 radical (unpaired) electrons. The van der Waals surface area contributed by atoms with Crippen LogP contribution >= 0.6 is 7.82 Å². The maximum atomic E-state index is 10.8. The first kappa shape index (κ1) is 22.1. The number of nitrogens with two attached hydrogens (primary N) is 1. The van der Waals surface area contributed by atoms with Crippen molar-refractivity contribution in [3.05, 3.63) is 29.8 Å². The number of rotatable bonds is 13. The Balaban J connectivity index is 2.45. The lowest BCUT2D eigenvalue weighted by atomic mass is 9.93. The number of aliphatic hydroxyl groups excluding tert-OH is 1. The van der Waals surface area contributed by atoms with Crippen LogP contribution in [0.1, 0.15) is 44.6 Å². The van der Waals surface area contributed by atoms with Gasteiger partial charge in [0.05, 0.1) is 25.4 Å². The standard InChI is InChI=1S/C17H30NO6P/c1-2-3-4-5-6-11-23-16-9-7-15(8-10-16)12-17(18,13-19)14-24-25(20,21)22/h7-10,19H,2-6,11-14,18H2,1H3,(H2,20,21,22)/t17-/m1/s1. The van der Waals surface area contributed by atoms with Crippen LogP contribution in [0, 0.1) is 0 Å². The van der Waals surface area contributed by atoms with Gasteiger partial charge in [-0.3, -0.25) is 4.52 Å². The van der Waals surface area contributed by atoms with Crippen LogP contribution in [-0.2, 0) is 15.5 Å². The molecule has 5 N–H and O–H groups in total. The van der Waals surface area contributed by atoms with Gasteiger partial charge in [0.25, 0.3) is 0 Å². The Labute approximate surface area is 149 Å². The van der Waals surface area contributed by atoms with Gasteiger partial charge in [0.15, 0.2) is 0 Å². The first-order valence-corrected chi connectivity index (χ1v) is 10.1. The number of phosphoric ester groups is 1. The van der Waals surface area contributed by atoms with Crippen LogP contribution in [0.25, 0.3) is 0 Å². The van der Waals surface area contributed by atoms with Crippen molar-refractivity contribution in [1.82, 2.24) is 0 Å². The first-order valence-electron chi connectivity index (χ1n) is 8.59. The largest absolute Gasteiger partial charge is 0.494 e. The van der Waals surface area contributed by atoms with E-state index in [0.717, 1.165) is 24.2 Å². The zero-order valence-corrected chi connectivity index (χ0v) is 15.7. The van der Waals surface area contributed by atoms with E-state index in [1.165, 1.54) is 19.3 Å². The third-order valence-corrected chi connectivity index (χ3v) is 4.30. The van der Waals surface area contributed by atoms with Gasteiger partial charge in [0.1, 0.15) is 5.75 Å². The van der Waals surface area contributed by atoms with Gasteiger partial charge in [-0.2, -0.15) is 0 Å². The van der Waals surface area contributed by atoms with Crippen molar-refractivity contribution in [2.75, 3.05) is 19.8 Å². The fourth-order valence-corrected chi connectivity index (χ4v) is 2.80. The monoisotopic (exact) mass is 375 g/mol. The maximum Gasteiger partial charge on any atom is 0.469 e. The number of phosphoric acid groups is 1. The van der Waals surface area contributed by atoms with Gasteiger partial charge in [0.2, 0.25) is 0 Å². The van der Waals surface area contributed by atoms with E-state index in [0.29, 0.717) is 6.61 Å². The third kappa shape index (κ3) is 9.94. The summed E-state index contributed by atoms with van der Waals surface area (Å²) in [5.74, 6) is 0.761. The van der Waals surface area contributed by atoms with Gasteiger partial charge in [-0.25, -0.2) is 4.57 Å². The van der Waals surface area contributed by atoms with Crippen LogP contribution in [0.15, 0.2) is 24.3 Å². The van der Waals surface area contributed by atoms with Crippen molar-refractivity contribution in [3.8, 4) is 5.75 Å². The third-order valence-electron chi connectivity index (χ3n) is 3.83. The van der Waals surface area contributed by atoms with Crippen molar-refractivity contribution in [1.29, 1.82) is 0 Å². The van der Waals surface area contributed by atoms with Crippen LogP contribution in [0.3, 0.4) is 0 Å². The van der Waals surface area contributed by atoms with E-state index in [1.54, 1.807) is 0 Å². The van der Waals surface area contributed by atoms with Gasteiger partial charge in [-0.15, -0.1) is 0 Å². The number of hydrogen-bond donors (Lipinski definition) is 4. The topological polar surface area (TPSA) is 122 Å². The van der Waals surface area contributed by atoms with Crippen molar-refractivity contribution in [2.24, 2.45) is 5.73 Å². The molecule has 0 aliphatic carbocycles. The van der Waals surface area contributed by atoms with Crippen LogP contribution in [-0.4, -0.2) is 40.3 Å². The predicted octanol–water partition coefficient (Wildman–Crippen LogP) is 2.38. The molecule has 0 spiro atoms. The normalized spacial score (nSPS) is 14.3. The molecule has 1 aromatic rings. The van der Waals surface area contributed by atoms with E-state index in [2.05, 4.69) is 11.4 Å². The average Bonchev–Trinajstić information content (AvgIpc) is 2.57. The Kier molecular flexibility index (Phi) is 9.64. The van der Waals surface area contributed by atoms with E-state index in [-0.39, 0.29) is 6.42 Å². The van der Waals surface area contributed by atoms with Crippen LogP contribution in [0.4, 0.5) is 0 Å². The molecule has 0 aromatic heterocycles. The molecular formula is C17H30NO6P. The highest BCUT2D eigenvalue weighted by Crippen LogP contribution is 2.36. The Bertz CT molecular complexity index is 532. The van der Waals surface area contributed by atoms with E-state index in [4.69, 9.17) is 20.3 Å². The van der Waals surface area contributed by atoms with Gasteiger partial charge in [-0.05, 0) is 30.5 Å². The molecule has 0 amide bonds. The molecule has 25 heavy (non-hydrogen) atoms. The zero-order valence-electron chi connectivity index (χ0n) is 14.8. The summed E-state index contributed by atoms with van der Waals surface area (Å²) in [7, 11) is -4.62. The Hall–Kier alpha value is -0.950. The first-order chi connectivity index (χ1) is 11.8. The minimum absolute atomic E-state index is 0.223. The molecule has 1 rings (SSSR count). The second kappa shape index (κ2) is 10.9. The molecular weight excluding hydrogens is 345 g/mol. The molecule has 0 aliphatic heterocycles. The molecule has 8 heteroatoms. The van der Waals surface area contributed by atoms with Gasteiger partial charge in [-0.1, -0.05) is 44.7 Å². The number of unbranched alkanes of at least 4 members (excludes halogenated alkanes) is 4. The minimum atomic E-state index is -4.62. The highest BCUT2D eigenvalue weighted by Gasteiger charge is 2.29. The molecule has 0 saturated heterocycles. The molecule has 0 aliphatic rings. The SMILES string of the molecule is CCCCCCCOc1ccc(C[C@@](N)(CO)COP(=O)(O)O)cc1. The van der Waals surface area contributed by atoms with E-state index in [1.807, 2.05) is 24.3 Å². The average molecular weight is 375 g/mol. The van der Waals surface area contributed by atoms with Crippen LogP contribution in [0.2, 0.25) is 0 Å². The van der Waals surface area contributed by atoms with Gasteiger partial charge in [0, 0.05) is 0 Å². The molecule has 0 bridgehead atoms. The Morgan fingerprint density at radius 1 is 1.12 bits per heavy atom. The fraction of sp³-hybridized carbons (Fsp3) is 0.647. The maximum absolute atomic E-state index is 10.8. The lowest BCUT2D eigenvalue weighted by Crippen LogP contribution is -2.49. The molecule has 144 valence electrons. The molecule has 7 nitrogen and oxygen atoms in total. The van der Waals surface area contributed by atoms with Crippen molar-refractivity contribution in [3.63, 3.8) is 0 Å². The number of benzene rings is 1. The summed E-state index contributed by atoms with van der Waals surface area (Å²) < 4.78 is 20.9. The van der Waals surface area contributed by atoms with Gasteiger partial charge < -0.3 is 25.4 Å². The quantitative estimate of drug-likeness (QED) is 0.308. The van der Waals surface area contributed by atoms with E-state index < -0.39 is 26.6 Å². The summed E-state index contributed by atoms with van der Waals surface area (Å²) in [6, 6.07) is 7.29. The lowest BCUT2D eigenvalue weighted by Gasteiger charge is -2.27. The fourth-order valence-electron chi connectivity index (χ4n) is 2.37. The Morgan fingerprint density at radius 3 is 2.32 bits per heavy atom. The number of aliphatic hydroxyl groups is 1. The van der Waals surface area contributed by atoms with Gasteiger partial charge >= 0.3 is 7.82 Å². The summed E-state index contributed by atoms with van der Waals surface area (Å²) in [6.07, 6.45) is 6.12. The second-order valence-electron chi connectivity index (χ2n) is 6.37. The Morgan fingerprint density at radius 2 is 1.76 bits per heavy atom. The molecule has 0 fully saturated rings. The number of ether oxygens (including phenoxy) is 1. The summed E-state index contributed by atoms with van der Waals surface area (Å²) >= 11 is 0. The summed E-state index contributed by atoms with van der Waals surface area (Å²) in [5.41, 5.74) is 5.52. The van der Waals surface area contributed by atoms with Crippen LogP contribution in [0.5, 0.6) is 5.75 Å². The minimum Gasteiger partial charge on any atom is -0.494 e. The summed E-state index contributed by atoms with van der Waals surface area (Å²) in [5, 5.41) is 9.42. The molecule has 1 aromatic carbocycles. The zero-order chi connectivity index (χ0) is 18.8. The van der Waals surface area contributed by atoms with Crippen molar-refractivity contribution >= 4 is 7.82 Å². The lowest BCUT2D eigenvalue weighted by molar-refractivity contribution is 0.107. The molecule has 0 unspecified atom stereocenters. The van der Waals surface area contributed by atoms with Crippen LogP contribution < -0.4 is 10.5 Å². The highest BCUT2D eigenvalue weighted by atomic mass is 31.2. The van der Waals surface area contributed by atoms with Crippen molar-refractivity contribution in [2.45, 2.75) is 51.0 Å². The highest BCUT2D eigenvalue weighted by molar-refractivity contribution is 7.46. The smallest absolute Gasteiger partial charge is 0.469 e. The van der Waals surface area contributed by atoms with E-state index >= 15 is 0 Å². The number of hydrogen-bond acceptors (Lipinski definition) is 5.